The van der Waals surface area contributed by atoms with Crippen LogP contribution in [0.4, 0.5) is 0 Å². The van der Waals surface area contributed by atoms with Crippen LogP contribution in [0.5, 0.6) is 11.5 Å². The third kappa shape index (κ3) is 5.09. The zero-order valence-electron chi connectivity index (χ0n) is 12.5. The van der Waals surface area contributed by atoms with Gasteiger partial charge in [0.2, 0.25) is 0 Å². The smallest absolute Gasteiger partial charge is 0.124 e. The molecule has 4 nitrogen and oxygen atoms in total. The van der Waals surface area contributed by atoms with E-state index in [4.69, 9.17) is 9.47 Å². The Morgan fingerprint density at radius 1 is 1.21 bits per heavy atom. The molecule has 0 saturated carbocycles. The molecule has 2 N–H and O–H groups in total. The molecule has 19 heavy (non-hydrogen) atoms. The Morgan fingerprint density at radius 2 is 1.89 bits per heavy atom. The molecule has 0 aliphatic carbocycles. The molecule has 0 aromatic heterocycles. The Hall–Kier alpha value is -1.26. The second-order valence-corrected chi connectivity index (χ2v) is 5.82. The molecule has 0 saturated heterocycles. The Bertz CT molecular complexity index is 399. The van der Waals surface area contributed by atoms with Gasteiger partial charge in [0.15, 0.2) is 0 Å². The van der Waals surface area contributed by atoms with Crippen LogP contribution in [0.15, 0.2) is 18.2 Å². The van der Waals surface area contributed by atoms with Crippen molar-refractivity contribution in [1.82, 2.24) is 5.32 Å². The molecule has 0 radical (unpaired) electrons. The molecule has 0 spiro atoms. The SMILES string of the molecule is COc1ccc(OC)c(C(O)CNCC(C)(C)C)c1. The first-order valence-corrected chi connectivity index (χ1v) is 6.48. The Kier molecular flexibility index (Phi) is 5.63. The number of nitrogens with one attached hydrogen (secondary N) is 1. The van der Waals surface area contributed by atoms with Gasteiger partial charge in [-0.1, -0.05) is 20.8 Å². The maximum Gasteiger partial charge on any atom is 0.124 e. The summed E-state index contributed by atoms with van der Waals surface area (Å²) in [7, 11) is 3.20. The highest BCUT2D eigenvalue weighted by molar-refractivity contribution is 5.41. The number of hydrogen-bond donors (Lipinski definition) is 2. The fraction of sp³-hybridized carbons (Fsp3) is 0.600. The lowest BCUT2D eigenvalue weighted by Crippen LogP contribution is -2.30. The van der Waals surface area contributed by atoms with E-state index < -0.39 is 6.10 Å². The quantitative estimate of drug-likeness (QED) is 0.831. The van der Waals surface area contributed by atoms with Gasteiger partial charge in [-0.25, -0.2) is 0 Å². The number of methoxy groups -OCH3 is 2. The fourth-order valence-electron chi connectivity index (χ4n) is 1.79. The largest absolute Gasteiger partial charge is 0.497 e. The lowest BCUT2D eigenvalue weighted by atomic mass is 9.97. The summed E-state index contributed by atoms with van der Waals surface area (Å²) in [4.78, 5) is 0. The number of ether oxygens (including phenoxy) is 2. The van der Waals surface area contributed by atoms with Crippen LogP contribution in [0.2, 0.25) is 0 Å². The highest BCUT2D eigenvalue weighted by Gasteiger charge is 2.16. The minimum absolute atomic E-state index is 0.193. The van der Waals surface area contributed by atoms with E-state index in [0.29, 0.717) is 18.0 Å². The molecule has 1 atom stereocenters. The van der Waals surface area contributed by atoms with E-state index in [0.717, 1.165) is 12.1 Å². The minimum Gasteiger partial charge on any atom is -0.497 e. The Balaban J connectivity index is 2.72. The van der Waals surface area contributed by atoms with Gasteiger partial charge in [0.1, 0.15) is 11.5 Å². The molecule has 1 aromatic rings. The lowest BCUT2D eigenvalue weighted by molar-refractivity contribution is 0.165. The van der Waals surface area contributed by atoms with Gasteiger partial charge in [-0.15, -0.1) is 0 Å². The summed E-state index contributed by atoms with van der Waals surface area (Å²) in [5.74, 6) is 1.39. The maximum absolute atomic E-state index is 10.3. The summed E-state index contributed by atoms with van der Waals surface area (Å²) >= 11 is 0. The minimum atomic E-state index is -0.618. The average Bonchev–Trinajstić information content (AvgIpc) is 2.36. The summed E-state index contributed by atoms with van der Waals surface area (Å²) in [5.41, 5.74) is 0.932. The van der Waals surface area contributed by atoms with Gasteiger partial charge in [0.25, 0.3) is 0 Å². The number of benzene rings is 1. The standard InChI is InChI=1S/C15H25NO3/c1-15(2,3)10-16-9-13(17)12-8-11(18-4)6-7-14(12)19-5/h6-8,13,16-17H,9-10H2,1-5H3. The van der Waals surface area contributed by atoms with Crippen LogP contribution in [-0.2, 0) is 0 Å². The van der Waals surface area contributed by atoms with Gasteiger partial charge in [-0.3, -0.25) is 0 Å². The Morgan fingerprint density at radius 3 is 2.42 bits per heavy atom. The first-order valence-electron chi connectivity index (χ1n) is 6.48. The fourth-order valence-corrected chi connectivity index (χ4v) is 1.79. The first kappa shape index (κ1) is 15.8. The van der Waals surface area contributed by atoms with E-state index in [1.165, 1.54) is 0 Å². The highest BCUT2D eigenvalue weighted by atomic mass is 16.5. The third-order valence-corrected chi connectivity index (χ3v) is 2.79. The molecular formula is C15H25NO3. The van der Waals surface area contributed by atoms with Gasteiger partial charge in [-0.05, 0) is 23.6 Å². The van der Waals surface area contributed by atoms with Crippen LogP contribution in [0.25, 0.3) is 0 Å². The monoisotopic (exact) mass is 267 g/mol. The molecule has 0 heterocycles. The zero-order valence-corrected chi connectivity index (χ0v) is 12.5. The van der Waals surface area contributed by atoms with Crippen molar-refractivity contribution in [3.63, 3.8) is 0 Å². The van der Waals surface area contributed by atoms with Crippen LogP contribution in [-0.4, -0.2) is 32.4 Å². The van der Waals surface area contributed by atoms with Gasteiger partial charge in [0.05, 0.1) is 20.3 Å². The van der Waals surface area contributed by atoms with E-state index in [2.05, 4.69) is 26.1 Å². The lowest BCUT2D eigenvalue weighted by Gasteiger charge is -2.21. The second-order valence-electron chi connectivity index (χ2n) is 5.82. The van der Waals surface area contributed by atoms with Crippen molar-refractivity contribution in [2.45, 2.75) is 26.9 Å². The van der Waals surface area contributed by atoms with Crippen LogP contribution >= 0.6 is 0 Å². The van der Waals surface area contributed by atoms with Crippen molar-refractivity contribution < 1.29 is 14.6 Å². The predicted octanol–water partition coefficient (Wildman–Crippen LogP) is 2.37. The summed E-state index contributed by atoms with van der Waals surface area (Å²) in [6.07, 6.45) is -0.618. The van der Waals surface area contributed by atoms with Gasteiger partial charge in [-0.2, -0.15) is 0 Å². The molecule has 1 unspecified atom stereocenters. The maximum atomic E-state index is 10.3. The third-order valence-electron chi connectivity index (χ3n) is 2.79. The van der Waals surface area contributed by atoms with E-state index in [1.807, 2.05) is 12.1 Å². The van der Waals surface area contributed by atoms with E-state index in [1.54, 1.807) is 20.3 Å². The molecular weight excluding hydrogens is 242 g/mol. The summed E-state index contributed by atoms with van der Waals surface area (Å²) in [6, 6.07) is 5.43. The van der Waals surface area contributed by atoms with E-state index >= 15 is 0 Å². The summed E-state index contributed by atoms with van der Waals surface area (Å²) < 4.78 is 10.4. The molecule has 4 heteroatoms. The number of hydrogen-bond acceptors (Lipinski definition) is 4. The van der Waals surface area contributed by atoms with Crippen LogP contribution in [0.1, 0.15) is 32.4 Å². The van der Waals surface area contributed by atoms with Crippen molar-refractivity contribution in [2.24, 2.45) is 5.41 Å². The molecule has 108 valence electrons. The summed E-state index contributed by atoms with van der Waals surface area (Å²) in [5, 5.41) is 13.5. The predicted molar refractivity (Wildman–Crippen MR) is 76.8 cm³/mol. The average molecular weight is 267 g/mol. The van der Waals surface area contributed by atoms with Crippen molar-refractivity contribution in [3.8, 4) is 11.5 Å². The van der Waals surface area contributed by atoms with Gasteiger partial charge >= 0.3 is 0 Å². The first-order chi connectivity index (χ1) is 8.87. The molecule has 0 bridgehead atoms. The Labute approximate surface area is 115 Å². The van der Waals surface area contributed by atoms with E-state index in [9.17, 15) is 5.11 Å². The molecule has 0 aliphatic rings. The van der Waals surface area contributed by atoms with Crippen LogP contribution < -0.4 is 14.8 Å². The topological polar surface area (TPSA) is 50.7 Å². The molecule has 1 aromatic carbocycles. The van der Waals surface area contributed by atoms with Crippen LogP contribution in [0, 0.1) is 5.41 Å². The molecule has 0 fully saturated rings. The second kappa shape index (κ2) is 6.78. The van der Waals surface area contributed by atoms with Crippen molar-refractivity contribution in [3.05, 3.63) is 23.8 Å². The summed E-state index contributed by atoms with van der Waals surface area (Å²) in [6.45, 7) is 7.78. The van der Waals surface area contributed by atoms with E-state index in [-0.39, 0.29) is 5.41 Å². The molecule has 1 rings (SSSR count). The molecule has 0 aliphatic heterocycles. The number of aliphatic hydroxyl groups is 1. The normalized spacial score (nSPS) is 13.2. The van der Waals surface area contributed by atoms with Crippen molar-refractivity contribution >= 4 is 0 Å². The molecule has 0 amide bonds. The van der Waals surface area contributed by atoms with Crippen LogP contribution in [0.3, 0.4) is 0 Å². The van der Waals surface area contributed by atoms with Crippen molar-refractivity contribution in [1.29, 1.82) is 0 Å². The van der Waals surface area contributed by atoms with Gasteiger partial charge in [0, 0.05) is 18.7 Å². The van der Waals surface area contributed by atoms with Crippen molar-refractivity contribution in [2.75, 3.05) is 27.3 Å². The number of rotatable bonds is 6. The van der Waals surface area contributed by atoms with Gasteiger partial charge < -0.3 is 19.9 Å². The zero-order chi connectivity index (χ0) is 14.5. The number of aliphatic hydroxyl groups excluding tert-OH is 1. The highest BCUT2D eigenvalue weighted by Crippen LogP contribution is 2.29.